The zero-order valence-corrected chi connectivity index (χ0v) is 14.5. The van der Waals surface area contributed by atoms with Gasteiger partial charge in [0.1, 0.15) is 6.67 Å². The number of rotatable bonds is 8. The molecule has 0 fully saturated rings. The smallest absolute Gasteiger partial charge is 0.260 e. The molecule has 6 heteroatoms. The van der Waals surface area contributed by atoms with E-state index >= 15 is 0 Å². The topological polar surface area (TPSA) is 54.5 Å². The Hall–Kier alpha value is -1.69. The minimum Gasteiger partial charge on any atom is -0.287 e. The Morgan fingerprint density at radius 3 is 2.57 bits per heavy atom. The van der Waals surface area contributed by atoms with Gasteiger partial charge in [0.15, 0.2) is 5.12 Å². The van der Waals surface area contributed by atoms with Gasteiger partial charge in [0.2, 0.25) is 6.41 Å². The molecular weight excluding hydrogens is 317 g/mol. The third kappa shape index (κ3) is 4.89. The summed E-state index contributed by atoms with van der Waals surface area (Å²) in [5.74, 6) is 0.0163. The van der Waals surface area contributed by atoms with Crippen LogP contribution in [0.3, 0.4) is 0 Å². The number of aryl methyl sites for hydroxylation is 1. The van der Waals surface area contributed by atoms with Gasteiger partial charge in [0, 0.05) is 12.0 Å². The summed E-state index contributed by atoms with van der Waals surface area (Å²) in [7, 11) is 0. The van der Waals surface area contributed by atoms with Gasteiger partial charge < -0.3 is 0 Å². The number of nitrogens with zero attached hydrogens (tertiary/aromatic N) is 1. The zero-order valence-electron chi connectivity index (χ0n) is 13.7. The fraction of sp³-hybridized carbons (Fsp3) is 0.471. The van der Waals surface area contributed by atoms with Crippen LogP contribution >= 0.6 is 11.8 Å². The largest absolute Gasteiger partial charge is 0.287 e. The highest BCUT2D eigenvalue weighted by atomic mass is 32.2. The van der Waals surface area contributed by atoms with Gasteiger partial charge in [0.05, 0.1) is 6.04 Å². The second kappa shape index (κ2) is 9.45. The molecule has 2 amide bonds. The van der Waals surface area contributed by atoms with Crippen molar-refractivity contribution in [1.29, 1.82) is 0 Å². The van der Waals surface area contributed by atoms with Crippen LogP contribution in [0.4, 0.5) is 4.39 Å². The molecule has 1 rings (SSSR count). The molecule has 23 heavy (non-hydrogen) atoms. The Morgan fingerprint density at radius 1 is 1.35 bits per heavy atom. The van der Waals surface area contributed by atoms with Crippen molar-refractivity contribution in [3.05, 3.63) is 34.9 Å². The summed E-state index contributed by atoms with van der Waals surface area (Å²) in [5, 5.41) is -0.227. The molecule has 4 nitrogen and oxygen atoms in total. The molecule has 0 spiro atoms. The maximum absolute atomic E-state index is 13.3. The second-order valence-electron chi connectivity index (χ2n) is 5.09. The first-order valence-corrected chi connectivity index (χ1v) is 8.56. The fourth-order valence-electron chi connectivity index (χ4n) is 2.45. The molecule has 0 saturated carbocycles. The molecule has 126 valence electrons. The highest BCUT2D eigenvalue weighted by Crippen LogP contribution is 2.19. The van der Waals surface area contributed by atoms with E-state index in [1.54, 1.807) is 12.1 Å². The minimum absolute atomic E-state index is 0.174. The van der Waals surface area contributed by atoms with Crippen molar-refractivity contribution < 1.29 is 18.8 Å². The number of carbonyl (C=O) groups excluding carboxylic acids is 3. The molecule has 0 aliphatic carbocycles. The number of imide groups is 1. The van der Waals surface area contributed by atoms with Crippen molar-refractivity contribution >= 4 is 29.2 Å². The molecule has 0 aliphatic heterocycles. The molecule has 0 aromatic heterocycles. The lowest BCUT2D eigenvalue weighted by atomic mass is 9.98. The van der Waals surface area contributed by atoms with E-state index in [0.29, 0.717) is 24.1 Å². The highest BCUT2D eigenvalue weighted by Gasteiger charge is 2.28. The van der Waals surface area contributed by atoms with Crippen molar-refractivity contribution in [2.75, 3.05) is 12.4 Å². The van der Waals surface area contributed by atoms with E-state index in [1.807, 2.05) is 26.8 Å². The third-order valence-electron chi connectivity index (χ3n) is 3.62. The molecular formula is C17H22FNO3S. The standard InChI is InChI=1S/C17H22FNO3S/c1-4-14-12(3)7-6-8-15(14)17(22)19(11-20)13(10-18)9-16(21)23-5-2/h6-8,11,13H,4-5,9-10H2,1-3H3/t13-/m0/s1. The van der Waals surface area contributed by atoms with Crippen LogP contribution in [0.15, 0.2) is 18.2 Å². The predicted molar refractivity (Wildman–Crippen MR) is 90.3 cm³/mol. The number of hydrogen-bond donors (Lipinski definition) is 0. The normalized spacial score (nSPS) is 11.8. The van der Waals surface area contributed by atoms with Gasteiger partial charge in [-0.1, -0.05) is 37.7 Å². The Labute approximate surface area is 140 Å². The molecule has 0 heterocycles. The van der Waals surface area contributed by atoms with Crippen LogP contribution in [-0.4, -0.2) is 40.8 Å². The minimum atomic E-state index is -1.06. The summed E-state index contributed by atoms with van der Waals surface area (Å²) in [5.41, 5.74) is 2.16. The fourth-order valence-corrected chi connectivity index (χ4v) is 3.08. The number of benzene rings is 1. The quantitative estimate of drug-likeness (QED) is 0.683. The van der Waals surface area contributed by atoms with Crippen molar-refractivity contribution in [2.45, 2.75) is 39.7 Å². The van der Waals surface area contributed by atoms with E-state index in [9.17, 15) is 18.8 Å². The van der Waals surface area contributed by atoms with Crippen molar-refractivity contribution in [3.63, 3.8) is 0 Å². The summed E-state index contributed by atoms with van der Waals surface area (Å²) in [6.45, 7) is 4.68. The lowest BCUT2D eigenvalue weighted by Gasteiger charge is -2.25. The Morgan fingerprint density at radius 2 is 2.04 bits per heavy atom. The number of amides is 2. The van der Waals surface area contributed by atoms with Gasteiger partial charge in [-0.05, 0) is 36.3 Å². The monoisotopic (exact) mass is 339 g/mol. The van der Waals surface area contributed by atoms with Crippen LogP contribution < -0.4 is 0 Å². The lowest BCUT2D eigenvalue weighted by Crippen LogP contribution is -2.42. The Balaban J connectivity index is 3.08. The average molecular weight is 339 g/mol. The number of halogens is 1. The van der Waals surface area contributed by atoms with Gasteiger partial charge in [-0.25, -0.2) is 4.39 Å². The van der Waals surface area contributed by atoms with Crippen molar-refractivity contribution in [1.82, 2.24) is 4.90 Å². The van der Waals surface area contributed by atoms with Crippen LogP contribution in [-0.2, 0) is 16.0 Å². The number of hydrogen-bond acceptors (Lipinski definition) is 4. The number of alkyl halides is 1. The highest BCUT2D eigenvalue weighted by molar-refractivity contribution is 8.13. The van der Waals surface area contributed by atoms with E-state index in [2.05, 4.69) is 0 Å². The van der Waals surface area contributed by atoms with Crippen LogP contribution in [0, 0.1) is 6.92 Å². The second-order valence-corrected chi connectivity index (χ2v) is 6.41. The molecule has 0 unspecified atom stereocenters. The van der Waals surface area contributed by atoms with Crippen LogP contribution in [0.1, 0.15) is 41.8 Å². The number of carbonyl (C=O) groups is 3. The summed E-state index contributed by atoms with van der Waals surface area (Å²) in [6, 6.07) is 4.18. The van der Waals surface area contributed by atoms with Gasteiger partial charge in [-0.2, -0.15) is 0 Å². The average Bonchev–Trinajstić information content (AvgIpc) is 2.54. The van der Waals surface area contributed by atoms with E-state index in [-0.39, 0.29) is 11.5 Å². The van der Waals surface area contributed by atoms with Crippen LogP contribution in [0.2, 0.25) is 0 Å². The Kier molecular flexibility index (Phi) is 7.95. The third-order valence-corrected chi connectivity index (χ3v) is 4.40. The van der Waals surface area contributed by atoms with E-state index in [4.69, 9.17) is 0 Å². The predicted octanol–water partition coefficient (Wildman–Crippen LogP) is 3.16. The molecule has 0 radical (unpaired) electrons. The van der Waals surface area contributed by atoms with E-state index in [1.165, 1.54) is 0 Å². The van der Waals surface area contributed by atoms with Crippen LogP contribution in [0.25, 0.3) is 0 Å². The first-order chi connectivity index (χ1) is 11.0. The number of thioether (sulfide) groups is 1. The molecule has 1 aromatic carbocycles. The first kappa shape index (κ1) is 19.4. The van der Waals surface area contributed by atoms with Gasteiger partial charge in [-0.15, -0.1) is 0 Å². The Bertz CT molecular complexity index is 577. The van der Waals surface area contributed by atoms with Crippen molar-refractivity contribution in [3.8, 4) is 0 Å². The molecule has 0 saturated heterocycles. The van der Waals surface area contributed by atoms with Gasteiger partial charge in [0.25, 0.3) is 5.91 Å². The molecule has 0 bridgehead atoms. The molecule has 1 atom stereocenters. The lowest BCUT2D eigenvalue weighted by molar-refractivity contribution is -0.119. The van der Waals surface area contributed by atoms with E-state index < -0.39 is 18.6 Å². The summed E-state index contributed by atoms with van der Waals surface area (Å²) < 4.78 is 13.3. The molecule has 1 aromatic rings. The summed E-state index contributed by atoms with van der Waals surface area (Å²) in [6.07, 6.45) is 0.774. The SMILES string of the molecule is CCSC(=O)C[C@@H](CF)N(C=O)C(=O)c1cccc(C)c1CC. The van der Waals surface area contributed by atoms with Gasteiger partial charge >= 0.3 is 0 Å². The summed E-state index contributed by atoms with van der Waals surface area (Å²) >= 11 is 1.06. The first-order valence-electron chi connectivity index (χ1n) is 7.58. The van der Waals surface area contributed by atoms with Crippen molar-refractivity contribution in [2.24, 2.45) is 0 Å². The van der Waals surface area contributed by atoms with E-state index in [0.717, 1.165) is 27.8 Å². The maximum Gasteiger partial charge on any atom is 0.260 e. The molecule has 0 aliphatic rings. The maximum atomic E-state index is 13.3. The zero-order chi connectivity index (χ0) is 17.4. The van der Waals surface area contributed by atoms with Gasteiger partial charge in [-0.3, -0.25) is 19.3 Å². The molecule has 0 N–H and O–H groups in total. The summed E-state index contributed by atoms with van der Waals surface area (Å²) in [4.78, 5) is 36.5. The van der Waals surface area contributed by atoms with Crippen LogP contribution in [0.5, 0.6) is 0 Å².